The van der Waals surface area contributed by atoms with E-state index in [-0.39, 0.29) is 11.7 Å². The second-order valence-electron chi connectivity index (χ2n) is 6.82. The van der Waals surface area contributed by atoms with Gasteiger partial charge in [-0.1, -0.05) is 36.4 Å². The number of nitrogens with zero attached hydrogens (tertiary/aromatic N) is 1. The number of carbonyl (C=O) groups is 1. The van der Waals surface area contributed by atoms with Crippen molar-refractivity contribution in [3.05, 3.63) is 76.7 Å². The fraction of sp³-hybridized carbons (Fsp3) is 0.286. The van der Waals surface area contributed by atoms with Gasteiger partial charge in [-0.3, -0.25) is 4.79 Å². The van der Waals surface area contributed by atoms with Gasteiger partial charge in [0.15, 0.2) is 9.84 Å². The lowest BCUT2D eigenvalue weighted by molar-refractivity contribution is -0.118. The number of benzene rings is 2. The molecule has 0 saturated heterocycles. The third-order valence-corrected chi connectivity index (χ3v) is 5.84. The molecule has 0 N–H and O–H groups in total. The first-order valence-electron chi connectivity index (χ1n) is 8.69. The van der Waals surface area contributed by atoms with Gasteiger partial charge in [-0.15, -0.1) is 0 Å². The van der Waals surface area contributed by atoms with Gasteiger partial charge in [0.25, 0.3) is 0 Å². The fourth-order valence-electron chi connectivity index (χ4n) is 3.35. The topological polar surface area (TPSA) is 54.5 Å². The number of hydrogen-bond acceptors (Lipinski definition) is 3. The van der Waals surface area contributed by atoms with Crippen LogP contribution in [0, 0.1) is 13.8 Å². The van der Waals surface area contributed by atoms with E-state index in [4.69, 9.17) is 0 Å². The maximum absolute atomic E-state index is 13.0. The van der Waals surface area contributed by atoms with E-state index in [1.807, 2.05) is 62.4 Å². The van der Waals surface area contributed by atoms with Crippen molar-refractivity contribution in [3.63, 3.8) is 0 Å². The minimum atomic E-state index is -3.24. The van der Waals surface area contributed by atoms with Crippen molar-refractivity contribution < 1.29 is 13.2 Å². The standard InChI is InChI=1S/C21H23NO3S/c1-16-12-17(2)14-20(13-16)22(19-10-11-26(24,25)15-19)21(23)9-8-18-6-4-3-5-7-18/h3-7,10-14,19H,8-9,15H2,1-2H3/t19-/m0/s1. The minimum absolute atomic E-state index is 0.0585. The Labute approximate surface area is 155 Å². The van der Waals surface area contributed by atoms with Gasteiger partial charge in [0.2, 0.25) is 5.91 Å². The van der Waals surface area contributed by atoms with Crippen molar-refractivity contribution in [2.24, 2.45) is 0 Å². The van der Waals surface area contributed by atoms with Gasteiger partial charge >= 0.3 is 0 Å². The van der Waals surface area contributed by atoms with Gasteiger partial charge in [-0.2, -0.15) is 0 Å². The van der Waals surface area contributed by atoms with Crippen LogP contribution in [0.15, 0.2) is 60.0 Å². The van der Waals surface area contributed by atoms with E-state index in [0.717, 1.165) is 22.4 Å². The third kappa shape index (κ3) is 4.41. The SMILES string of the molecule is Cc1cc(C)cc(N(C(=O)CCc2ccccc2)[C@H]2C=CS(=O)(=O)C2)c1. The van der Waals surface area contributed by atoms with Gasteiger partial charge in [0.05, 0.1) is 11.8 Å². The molecule has 4 nitrogen and oxygen atoms in total. The molecule has 1 aliphatic heterocycles. The summed E-state index contributed by atoms with van der Waals surface area (Å²) < 4.78 is 23.8. The van der Waals surface area contributed by atoms with E-state index in [9.17, 15) is 13.2 Å². The van der Waals surface area contributed by atoms with Crippen LogP contribution in [0.25, 0.3) is 0 Å². The molecule has 0 aromatic heterocycles. The van der Waals surface area contributed by atoms with Crippen molar-refractivity contribution in [2.75, 3.05) is 10.7 Å². The van der Waals surface area contributed by atoms with Crippen molar-refractivity contribution in [1.29, 1.82) is 0 Å². The first-order valence-corrected chi connectivity index (χ1v) is 10.4. The zero-order chi connectivity index (χ0) is 18.7. The summed E-state index contributed by atoms with van der Waals surface area (Å²) in [5.41, 5.74) is 3.94. The van der Waals surface area contributed by atoms with Crippen LogP contribution in [0.3, 0.4) is 0 Å². The van der Waals surface area contributed by atoms with Crippen LogP contribution in [-0.2, 0) is 21.1 Å². The van der Waals surface area contributed by atoms with E-state index < -0.39 is 15.9 Å². The molecule has 26 heavy (non-hydrogen) atoms. The molecule has 2 aromatic carbocycles. The first-order chi connectivity index (χ1) is 12.3. The number of hydrogen-bond donors (Lipinski definition) is 0. The molecule has 1 aliphatic rings. The van der Waals surface area contributed by atoms with Crippen molar-refractivity contribution in [1.82, 2.24) is 0 Å². The largest absolute Gasteiger partial charge is 0.304 e. The van der Waals surface area contributed by atoms with E-state index in [0.29, 0.717) is 12.8 Å². The Morgan fingerprint density at radius 3 is 2.31 bits per heavy atom. The Morgan fingerprint density at radius 2 is 1.73 bits per heavy atom. The Kier molecular flexibility index (Phi) is 5.28. The summed E-state index contributed by atoms with van der Waals surface area (Å²) in [6.07, 6.45) is 2.58. The molecule has 0 bridgehead atoms. The molecule has 2 aromatic rings. The summed E-state index contributed by atoms with van der Waals surface area (Å²) >= 11 is 0. The molecule has 1 amide bonds. The number of amides is 1. The summed E-state index contributed by atoms with van der Waals surface area (Å²) in [5.74, 6) is -0.123. The molecule has 0 spiro atoms. The molecule has 1 heterocycles. The van der Waals surface area contributed by atoms with Crippen LogP contribution in [0.4, 0.5) is 5.69 Å². The van der Waals surface area contributed by atoms with E-state index in [2.05, 4.69) is 0 Å². The Morgan fingerprint density at radius 1 is 1.08 bits per heavy atom. The summed E-state index contributed by atoms with van der Waals surface area (Å²) in [6.45, 7) is 3.95. The monoisotopic (exact) mass is 369 g/mol. The van der Waals surface area contributed by atoms with Crippen LogP contribution in [0.1, 0.15) is 23.1 Å². The summed E-state index contributed by atoms with van der Waals surface area (Å²) in [6, 6.07) is 15.3. The lowest BCUT2D eigenvalue weighted by Gasteiger charge is -2.28. The normalized spacial score (nSPS) is 18.0. The summed E-state index contributed by atoms with van der Waals surface area (Å²) in [5, 5.41) is 1.22. The quantitative estimate of drug-likeness (QED) is 0.809. The second kappa shape index (κ2) is 7.46. The average molecular weight is 369 g/mol. The highest BCUT2D eigenvalue weighted by Crippen LogP contribution is 2.26. The molecule has 0 saturated carbocycles. The third-order valence-electron chi connectivity index (χ3n) is 4.47. The van der Waals surface area contributed by atoms with Crippen molar-refractivity contribution >= 4 is 21.4 Å². The molecule has 0 fully saturated rings. The summed E-state index contributed by atoms with van der Waals surface area (Å²) in [4.78, 5) is 14.7. The van der Waals surface area contributed by atoms with E-state index in [1.165, 1.54) is 5.41 Å². The Hall–Kier alpha value is -2.40. The van der Waals surface area contributed by atoms with Crippen LogP contribution >= 0.6 is 0 Å². The van der Waals surface area contributed by atoms with Crippen LogP contribution in [-0.4, -0.2) is 26.1 Å². The number of anilines is 1. The zero-order valence-electron chi connectivity index (χ0n) is 15.1. The molecular weight excluding hydrogens is 346 g/mol. The molecule has 0 radical (unpaired) electrons. The first kappa shape index (κ1) is 18.4. The zero-order valence-corrected chi connectivity index (χ0v) is 15.9. The predicted octanol–water partition coefficient (Wildman–Crippen LogP) is 3.58. The van der Waals surface area contributed by atoms with E-state index >= 15 is 0 Å². The number of aryl methyl sites for hydroxylation is 3. The number of rotatable bonds is 5. The van der Waals surface area contributed by atoms with Gasteiger partial charge < -0.3 is 4.90 Å². The van der Waals surface area contributed by atoms with Gasteiger partial charge in [0, 0.05) is 17.5 Å². The maximum atomic E-state index is 13.0. The Balaban J connectivity index is 1.87. The number of carbonyl (C=O) groups excluding carboxylic acids is 1. The molecular formula is C21H23NO3S. The van der Waals surface area contributed by atoms with Crippen molar-refractivity contribution in [3.8, 4) is 0 Å². The summed E-state index contributed by atoms with van der Waals surface area (Å²) in [7, 11) is -3.24. The van der Waals surface area contributed by atoms with Crippen LogP contribution < -0.4 is 4.90 Å². The second-order valence-corrected chi connectivity index (χ2v) is 8.75. The lowest BCUT2D eigenvalue weighted by Crippen LogP contribution is -2.41. The smallest absolute Gasteiger partial charge is 0.227 e. The number of sulfone groups is 1. The lowest BCUT2D eigenvalue weighted by atomic mass is 10.1. The molecule has 0 aliphatic carbocycles. The van der Waals surface area contributed by atoms with Gasteiger partial charge in [0.1, 0.15) is 0 Å². The Bertz CT molecular complexity index is 913. The molecule has 3 rings (SSSR count). The fourth-order valence-corrected chi connectivity index (χ4v) is 4.61. The molecule has 5 heteroatoms. The highest BCUT2D eigenvalue weighted by atomic mass is 32.2. The van der Waals surface area contributed by atoms with E-state index in [1.54, 1.807) is 11.0 Å². The van der Waals surface area contributed by atoms with Gasteiger partial charge in [-0.05, 0) is 55.2 Å². The average Bonchev–Trinajstić information content (AvgIpc) is 2.93. The van der Waals surface area contributed by atoms with Gasteiger partial charge in [-0.25, -0.2) is 8.42 Å². The predicted molar refractivity (Wildman–Crippen MR) is 105 cm³/mol. The highest BCUT2D eigenvalue weighted by Gasteiger charge is 2.31. The highest BCUT2D eigenvalue weighted by molar-refractivity contribution is 7.94. The minimum Gasteiger partial charge on any atom is -0.304 e. The maximum Gasteiger partial charge on any atom is 0.227 e. The van der Waals surface area contributed by atoms with Crippen molar-refractivity contribution in [2.45, 2.75) is 32.7 Å². The molecule has 0 unspecified atom stereocenters. The van der Waals surface area contributed by atoms with Crippen LogP contribution in [0.2, 0.25) is 0 Å². The van der Waals surface area contributed by atoms with Crippen LogP contribution in [0.5, 0.6) is 0 Å². The molecule has 1 atom stereocenters. The molecule has 136 valence electrons.